The maximum absolute atomic E-state index is 12.2. The number of anilines is 1. The number of amides is 1. The summed E-state index contributed by atoms with van der Waals surface area (Å²) < 4.78 is 10.4. The van der Waals surface area contributed by atoms with Crippen molar-refractivity contribution in [2.45, 2.75) is 0 Å². The van der Waals surface area contributed by atoms with Crippen LogP contribution in [0.25, 0.3) is 22.1 Å². The predicted molar refractivity (Wildman–Crippen MR) is 113 cm³/mol. The van der Waals surface area contributed by atoms with E-state index in [-0.39, 0.29) is 16.8 Å². The molecule has 1 N–H and O–H groups in total. The normalized spacial score (nSPS) is 10.5. The van der Waals surface area contributed by atoms with Gasteiger partial charge in [0.25, 0.3) is 5.91 Å². The molecule has 0 aliphatic carbocycles. The molecular weight excluding hydrogens is 382 g/mol. The van der Waals surface area contributed by atoms with Gasteiger partial charge < -0.3 is 14.5 Å². The molecule has 0 unspecified atom stereocenters. The summed E-state index contributed by atoms with van der Waals surface area (Å²) in [6, 6.07) is 24.8. The minimum absolute atomic E-state index is 0.251. The number of esters is 1. The van der Waals surface area contributed by atoms with E-state index in [1.165, 1.54) is 0 Å². The van der Waals surface area contributed by atoms with Crippen LogP contribution in [0.4, 0.5) is 5.69 Å². The van der Waals surface area contributed by atoms with Gasteiger partial charge in [-0.2, -0.15) is 0 Å². The number of ether oxygens (including phenoxy) is 1. The average Bonchev–Trinajstić information content (AvgIpc) is 2.78. The molecule has 0 aliphatic heterocycles. The fourth-order valence-electron chi connectivity index (χ4n) is 2.98. The summed E-state index contributed by atoms with van der Waals surface area (Å²) in [6.45, 7) is -0.504. The number of rotatable bonds is 5. The molecule has 0 saturated heterocycles. The number of para-hydroxylation sites is 1. The van der Waals surface area contributed by atoms with Crippen LogP contribution in [0.15, 0.2) is 94.1 Å². The van der Waals surface area contributed by atoms with Crippen LogP contribution in [0.1, 0.15) is 10.6 Å². The quantitative estimate of drug-likeness (QED) is 0.507. The van der Waals surface area contributed by atoms with E-state index < -0.39 is 18.5 Å². The number of hydrogen-bond donors (Lipinski definition) is 1. The van der Waals surface area contributed by atoms with Crippen molar-refractivity contribution in [1.29, 1.82) is 0 Å². The van der Waals surface area contributed by atoms with E-state index in [0.717, 1.165) is 17.2 Å². The lowest BCUT2D eigenvalue weighted by molar-refractivity contribution is -0.119. The fourth-order valence-corrected chi connectivity index (χ4v) is 2.98. The minimum Gasteiger partial charge on any atom is -0.450 e. The van der Waals surface area contributed by atoms with Crippen LogP contribution < -0.4 is 10.7 Å². The molecule has 4 aromatic rings. The highest BCUT2D eigenvalue weighted by molar-refractivity contribution is 5.95. The van der Waals surface area contributed by atoms with E-state index in [1.807, 2.05) is 42.5 Å². The largest absolute Gasteiger partial charge is 0.450 e. The number of hydrogen-bond acceptors (Lipinski definition) is 5. The zero-order valence-corrected chi connectivity index (χ0v) is 15.8. The zero-order chi connectivity index (χ0) is 20.9. The second kappa shape index (κ2) is 8.45. The van der Waals surface area contributed by atoms with Gasteiger partial charge in [0.05, 0.1) is 5.39 Å². The maximum Gasteiger partial charge on any atom is 0.374 e. The fraction of sp³-hybridized carbons (Fsp3) is 0.0417. The average molecular weight is 399 g/mol. The molecule has 30 heavy (non-hydrogen) atoms. The van der Waals surface area contributed by atoms with Gasteiger partial charge in [0.15, 0.2) is 12.0 Å². The zero-order valence-electron chi connectivity index (χ0n) is 15.8. The molecule has 0 saturated carbocycles. The second-order valence-electron chi connectivity index (χ2n) is 6.54. The van der Waals surface area contributed by atoms with Gasteiger partial charge in [-0.15, -0.1) is 0 Å². The lowest BCUT2D eigenvalue weighted by Gasteiger charge is -2.08. The standard InChI is InChI=1S/C24H17NO5/c26-20-14-22(30-21-9-5-4-8-19(20)21)24(28)29-15-23(27)25-18-12-10-17(11-13-18)16-6-2-1-3-7-16/h1-14H,15H2,(H,25,27). The molecule has 0 atom stereocenters. The summed E-state index contributed by atoms with van der Waals surface area (Å²) in [4.78, 5) is 36.3. The Labute approximate surface area is 171 Å². The van der Waals surface area contributed by atoms with Crippen molar-refractivity contribution in [1.82, 2.24) is 0 Å². The third-order valence-electron chi connectivity index (χ3n) is 4.45. The molecule has 1 aromatic heterocycles. The first-order valence-corrected chi connectivity index (χ1v) is 9.25. The smallest absolute Gasteiger partial charge is 0.374 e. The molecule has 1 amide bonds. The van der Waals surface area contributed by atoms with Crippen molar-refractivity contribution in [2.24, 2.45) is 0 Å². The van der Waals surface area contributed by atoms with Crippen LogP contribution in [0.5, 0.6) is 0 Å². The molecule has 6 nitrogen and oxygen atoms in total. The molecule has 3 aromatic carbocycles. The van der Waals surface area contributed by atoms with Gasteiger partial charge in [-0.05, 0) is 35.4 Å². The molecule has 1 heterocycles. The van der Waals surface area contributed by atoms with Crippen LogP contribution in [0.3, 0.4) is 0 Å². The van der Waals surface area contributed by atoms with Crippen LogP contribution >= 0.6 is 0 Å². The lowest BCUT2D eigenvalue weighted by Crippen LogP contribution is -2.21. The Balaban J connectivity index is 1.37. The van der Waals surface area contributed by atoms with Crippen LogP contribution in [-0.2, 0) is 9.53 Å². The van der Waals surface area contributed by atoms with Gasteiger partial charge in [0, 0.05) is 11.8 Å². The summed E-state index contributed by atoms with van der Waals surface area (Å²) in [5.74, 6) is -1.63. The Hall–Kier alpha value is -4.19. The summed E-state index contributed by atoms with van der Waals surface area (Å²) in [5, 5.41) is 3.03. The second-order valence-corrected chi connectivity index (χ2v) is 6.54. The van der Waals surface area contributed by atoms with Crippen molar-refractivity contribution < 1.29 is 18.7 Å². The van der Waals surface area contributed by atoms with Crippen molar-refractivity contribution in [3.05, 3.63) is 101 Å². The number of benzene rings is 3. The highest BCUT2D eigenvalue weighted by Gasteiger charge is 2.15. The summed E-state index contributed by atoms with van der Waals surface area (Å²) in [5.41, 5.74) is 2.59. The molecular formula is C24H17NO5. The van der Waals surface area contributed by atoms with Crippen molar-refractivity contribution in [3.63, 3.8) is 0 Å². The number of carbonyl (C=O) groups is 2. The molecule has 0 fully saturated rings. The summed E-state index contributed by atoms with van der Waals surface area (Å²) >= 11 is 0. The van der Waals surface area contributed by atoms with Gasteiger partial charge in [-0.25, -0.2) is 4.79 Å². The van der Waals surface area contributed by atoms with Gasteiger partial charge in [0.2, 0.25) is 5.76 Å². The monoisotopic (exact) mass is 399 g/mol. The highest BCUT2D eigenvalue weighted by atomic mass is 16.5. The predicted octanol–water partition coefficient (Wildman–Crippen LogP) is 4.26. The van der Waals surface area contributed by atoms with E-state index in [2.05, 4.69) is 5.32 Å². The highest BCUT2D eigenvalue weighted by Crippen LogP contribution is 2.21. The Kier molecular flexibility index (Phi) is 5.39. The maximum atomic E-state index is 12.2. The topological polar surface area (TPSA) is 85.6 Å². The summed E-state index contributed by atoms with van der Waals surface area (Å²) in [7, 11) is 0. The molecule has 148 valence electrons. The Morgan fingerprint density at radius 1 is 0.833 bits per heavy atom. The van der Waals surface area contributed by atoms with Gasteiger partial charge in [0.1, 0.15) is 5.58 Å². The molecule has 6 heteroatoms. The molecule has 4 rings (SSSR count). The van der Waals surface area contributed by atoms with E-state index in [4.69, 9.17) is 9.15 Å². The van der Waals surface area contributed by atoms with Gasteiger partial charge in [-0.1, -0.05) is 54.6 Å². The molecule has 0 bridgehead atoms. The minimum atomic E-state index is -0.882. The van der Waals surface area contributed by atoms with Crippen LogP contribution in [0, 0.1) is 0 Å². The van der Waals surface area contributed by atoms with E-state index >= 15 is 0 Å². The van der Waals surface area contributed by atoms with E-state index in [0.29, 0.717) is 11.1 Å². The van der Waals surface area contributed by atoms with Crippen LogP contribution in [-0.4, -0.2) is 18.5 Å². The Morgan fingerprint density at radius 3 is 2.27 bits per heavy atom. The van der Waals surface area contributed by atoms with Crippen molar-refractivity contribution in [2.75, 3.05) is 11.9 Å². The first kappa shape index (κ1) is 19.1. The third-order valence-corrected chi connectivity index (χ3v) is 4.45. The first-order valence-electron chi connectivity index (χ1n) is 9.25. The molecule has 0 radical (unpaired) electrons. The molecule has 0 spiro atoms. The number of fused-ring (bicyclic) bond motifs is 1. The van der Waals surface area contributed by atoms with Crippen molar-refractivity contribution >= 4 is 28.5 Å². The van der Waals surface area contributed by atoms with E-state index in [1.54, 1.807) is 36.4 Å². The summed E-state index contributed by atoms with van der Waals surface area (Å²) in [6.07, 6.45) is 0. The first-order chi connectivity index (χ1) is 14.6. The lowest BCUT2D eigenvalue weighted by atomic mass is 10.1. The van der Waals surface area contributed by atoms with Crippen LogP contribution in [0.2, 0.25) is 0 Å². The van der Waals surface area contributed by atoms with Crippen molar-refractivity contribution in [3.8, 4) is 11.1 Å². The van der Waals surface area contributed by atoms with E-state index in [9.17, 15) is 14.4 Å². The van der Waals surface area contributed by atoms with Gasteiger partial charge >= 0.3 is 5.97 Å². The number of carbonyl (C=O) groups excluding carboxylic acids is 2. The SMILES string of the molecule is O=C(COC(=O)c1cc(=O)c2ccccc2o1)Nc1ccc(-c2ccccc2)cc1. The van der Waals surface area contributed by atoms with Gasteiger partial charge in [-0.3, -0.25) is 9.59 Å². The molecule has 0 aliphatic rings. The number of nitrogens with one attached hydrogen (secondary N) is 1. The third kappa shape index (κ3) is 4.28. The Morgan fingerprint density at radius 2 is 1.50 bits per heavy atom. The Bertz CT molecular complexity index is 1260.